The maximum absolute atomic E-state index is 14.3. The van der Waals surface area contributed by atoms with Gasteiger partial charge in [-0.2, -0.15) is 0 Å². The smallest absolute Gasteiger partial charge is 0.248 e. The summed E-state index contributed by atoms with van der Waals surface area (Å²) >= 11 is 3.72. The molecule has 9 heteroatoms. The molecule has 3 aliphatic rings. The summed E-state index contributed by atoms with van der Waals surface area (Å²) in [7, 11) is 1.71. The largest absolute Gasteiger partial charge is 0.396 e. The van der Waals surface area contributed by atoms with Gasteiger partial charge in [-0.05, 0) is 39.0 Å². The van der Waals surface area contributed by atoms with Gasteiger partial charge in [0.25, 0.3) is 0 Å². The van der Waals surface area contributed by atoms with E-state index in [2.05, 4.69) is 36.0 Å². The van der Waals surface area contributed by atoms with Crippen molar-refractivity contribution in [2.45, 2.75) is 81.0 Å². The number of likely N-dealkylation sites (N-methyl/N-ethyl adjacent to an activating group) is 1. The second kappa shape index (κ2) is 12.2. The number of aliphatic hydroxyl groups excluding tert-OH is 1. The lowest BCUT2D eigenvalue weighted by Gasteiger charge is -2.39. The number of unbranched alkanes of at least 4 members (excludes halogenated alkanes) is 2. The third-order valence-corrected chi connectivity index (χ3v) is 8.84. The number of carbonyl (C=O) groups excluding carboxylic acids is 3. The topological polar surface area (TPSA) is 90.4 Å². The number of hydrogen-bond donors (Lipinski definition) is 1. The average Bonchev–Trinajstić information content (AvgIpc) is 3.43. The summed E-state index contributed by atoms with van der Waals surface area (Å²) in [6.07, 6.45) is 7.23. The van der Waals surface area contributed by atoms with E-state index in [1.165, 1.54) is 0 Å². The Kier molecular flexibility index (Phi) is 9.80. The Morgan fingerprint density at radius 3 is 2.56 bits per heavy atom. The van der Waals surface area contributed by atoms with Gasteiger partial charge in [0, 0.05) is 44.2 Å². The zero-order valence-corrected chi connectivity index (χ0v) is 23.5. The summed E-state index contributed by atoms with van der Waals surface area (Å²) in [5.74, 6) is -1.82. The minimum Gasteiger partial charge on any atom is -0.396 e. The number of aliphatic hydroxyl groups is 1. The predicted molar refractivity (Wildman–Crippen MR) is 142 cm³/mol. The van der Waals surface area contributed by atoms with Crippen LogP contribution in [0.3, 0.4) is 0 Å². The molecule has 0 aliphatic carbocycles. The van der Waals surface area contributed by atoms with Gasteiger partial charge in [0.15, 0.2) is 0 Å². The molecule has 202 valence electrons. The van der Waals surface area contributed by atoms with Crippen LogP contribution in [-0.2, 0) is 19.1 Å². The average molecular weight is 569 g/mol. The molecule has 3 fully saturated rings. The Morgan fingerprint density at radius 1 is 1.25 bits per heavy atom. The van der Waals surface area contributed by atoms with E-state index in [-0.39, 0.29) is 35.2 Å². The first-order chi connectivity index (χ1) is 17.2. The normalized spacial score (nSPS) is 31.3. The molecule has 4 unspecified atom stereocenters. The van der Waals surface area contributed by atoms with E-state index < -0.39 is 29.6 Å². The van der Waals surface area contributed by atoms with Crippen LogP contribution in [0.5, 0.6) is 0 Å². The number of hydrogen-bond acceptors (Lipinski definition) is 5. The zero-order chi connectivity index (χ0) is 26.6. The van der Waals surface area contributed by atoms with Gasteiger partial charge in [-0.15, -0.1) is 13.2 Å². The van der Waals surface area contributed by atoms with Crippen LogP contribution in [0.15, 0.2) is 25.3 Å². The van der Waals surface area contributed by atoms with Crippen LogP contribution in [0, 0.1) is 11.8 Å². The number of fused-ring (bicyclic) bond motifs is 1. The monoisotopic (exact) mass is 567 g/mol. The molecule has 1 spiro atoms. The Morgan fingerprint density at radius 2 is 1.94 bits per heavy atom. The highest BCUT2D eigenvalue weighted by Crippen LogP contribution is 2.60. The molecule has 0 saturated carbocycles. The van der Waals surface area contributed by atoms with Crippen molar-refractivity contribution in [3.05, 3.63) is 25.3 Å². The van der Waals surface area contributed by atoms with Crippen molar-refractivity contribution in [3.63, 3.8) is 0 Å². The Balaban J connectivity index is 2.03. The van der Waals surface area contributed by atoms with E-state index in [1.807, 2.05) is 11.8 Å². The molecule has 0 radical (unpaired) electrons. The molecule has 3 saturated heterocycles. The maximum Gasteiger partial charge on any atom is 0.248 e. The third kappa shape index (κ3) is 5.03. The summed E-state index contributed by atoms with van der Waals surface area (Å²) in [5, 5.41) is 9.21. The number of nitrogens with zero attached hydrogens (tertiary/aromatic N) is 3. The standard InChI is InChI=1S/C27H42BrN3O5/c1-6-12-18(4)30(14-8-3)26(35)23-27-17-19(28)22(36-27)20(24(33)29(5)13-7-2)21(27)25(34)31(23)15-10-9-11-16-32/h7-8,18-23,32H,2-3,6,9-17H2,1,4-5H3/t18?,19?,20-,21+,22-,23?,27?/m1/s1. The van der Waals surface area contributed by atoms with E-state index in [4.69, 9.17) is 4.74 Å². The van der Waals surface area contributed by atoms with Crippen molar-refractivity contribution < 1.29 is 24.2 Å². The molecule has 3 rings (SSSR count). The maximum atomic E-state index is 14.3. The van der Waals surface area contributed by atoms with E-state index in [1.54, 1.807) is 29.0 Å². The second-order valence-electron chi connectivity index (χ2n) is 10.4. The van der Waals surface area contributed by atoms with Crippen LogP contribution in [0.1, 0.15) is 52.4 Å². The summed E-state index contributed by atoms with van der Waals surface area (Å²) in [6, 6.07) is -0.812. The van der Waals surface area contributed by atoms with E-state index in [0.717, 1.165) is 19.3 Å². The van der Waals surface area contributed by atoms with Crippen molar-refractivity contribution in [2.75, 3.05) is 33.3 Å². The van der Waals surface area contributed by atoms with Crippen LogP contribution in [0.25, 0.3) is 0 Å². The van der Waals surface area contributed by atoms with Crippen LogP contribution in [0.4, 0.5) is 0 Å². The van der Waals surface area contributed by atoms with Gasteiger partial charge in [-0.25, -0.2) is 0 Å². The van der Waals surface area contributed by atoms with E-state index in [9.17, 15) is 19.5 Å². The molecule has 0 aromatic carbocycles. The lowest BCUT2D eigenvalue weighted by molar-refractivity contribution is -0.149. The Bertz CT molecular complexity index is 853. The fraction of sp³-hybridized carbons (Fsp3) is 0.741. The van der Waals surface area contributed by atoms with Gasteiger partial charge in [0.05, 0.1) is 17.9 Å². The predicted octanol–water partition coefficient (Wildman–Crippen LogP) is 2.74. The number of amides is 3. The fourth-order valence-electron chi connectivity index (χ4n) is 6.40. The van der Waals surface area contributed by atoms with Crippen molar-refractivity contribution in [2.24, 2.45) is 11.8 Å². The quantitative estimate of drug-likeness (QED) is 0.198. The van der Waals surface area contributed by atoms with Gasteiger partial charge in [0.1, 0.15) is 11.6 Å². The number of rotatable bonds is 14. The number of alkyl halides is 1. The lowest BCUT2D eigenvalue weighted by atomic mass is 9.70. The third-order valence-electron chi connectivity index (χ3n) is 7.99. The molecule has 3 amide bonds. The van der Waals surface area contributed by atoms with Crippen LogP contribution in [0.2, 0.25) is 0 Å². The molecule has 1 N–H and O–H groups in total. The molecule has 8 nitrogen and oxygen atoms in total. The van der Waals surface area contributed by atoms with Crippen molar-refractivity contribution in [3.8, 4) is 0 Å². The highest BCUT2D eigenvalue weighted by atomic mass is 79.9. The number of halogens is 1. The molecule has 3 aliphatic heterocycles. The molecule has 36 heavy (non-hydrogen) atoms. The molecular formula is C27H42BrN3O5. The van der Waals surface area contributed by atoms with Crippen molar-refractivity contribution in [1.82, 2.24) is 14.7 Å². The van der Waals surface area contributed by atoms with Gasteiger partial charge >= 0.3 is 0 Å². The van der Waals surface area contributed by atoms with Crippen LogP contribution < -0.4 is 0 Å². The first kappa shape index (κ1) is 28.9. The Hall–Kier alpha value is -1.71. The zero-order valence-electron chi connectivity index (χ0n) is 21.9. The molecule has 0 aromatic rings. The molecule has 3 heterocycles. The summed E-state index contributed by atoms with van der Waals surface area (Å²) in [5.41, 5.74) is -1.05. The molecule has 0 aromatic heterocycles. The number of likely N-dealkylation sites (tertiary alicyclic amines) is 1. The molecule has 7 atom stereocenters. The number of carbonyl (C=O) groups is 3. The fourth-order valence-corrected chi connectivity index (χ4v) is 7.34. The minimum atomic E-state index is -1.05. The minimum absolute atomic E-state index is 0.0168. The SMILES string of the molecule is C=CCN(C)C(=O)[C@H]1[C@@H]2OC3(CC2Br)C(C(=O)N(CC=C)C(C)CCC)N(CCCCCO)C(=O)[C@H]13. The highest BCUT2D eigenvalue weighted by molar-refractivity contribution is 9.09. The van der Waals surface area contributed by atoms with Gasteiger partial charge in [-0.1, -0.05) is 41.4 Å². The van der Waals surface area contributed by atoms with Crippen LogP contribution in [-0.4, -0.2) is 99.4 Å². The van der Waals surface area contributed by atoms with Gasteiger partial charge in [0.2, 0.25) is 17.7 Å². The first-order valence-corrected chi connectivity index (χ1v) is 14.1. The second-order valence-corrected chi connectivity index (χ2v) is 11.6. The van der Waals surface area contributed by atoms with Crippen molar-refractivity contribution >= 4 is 33.7 Å². The van der Waals surface area contributed by atoms with Gasteiger partial charge < -0.3 is 24.5 Å². The summed E-state index contributed by atoms with van der Waals surface area (Å²) < 4.78 is 6.59. The number of ether oxygens (including phenoxy) is 1. The Labute approximate surface area is 223 Å². The van der Waals surface area contributed by atoms with E-state index in [0.29, 0.717) is 38.9 Å². The molecule has 2 bridgehead atoms. The highest BCUT2D eigenvalue weighted by Gasteiger charge is 2.76. The van der Waals surface area contributed by atoms with Crippen molar-refractivity contribution in [1.29, 1.82) is 0 Å². The first-order valence-electron chi connectivity index (χ1n) is 13.2. The lowest BCUT2D eigenvalue weighted by Crippen LogP contribution is -2.58. The summed E-state index contributed by atoms with van der Waals surface area (Å²) in [4.78, 5) is 46.8. The van der Waals surface area contributed by atoms with E-state index >= 15 is 0 Å². The van der Waals surface area contributed by atoms with Gasteiger partial charge in [-0.3, -0.25) is 14.4 Å². The summed E-state index contributed by atoms with van der Waals surface area (Å²) in [6.45, 7) is 12.9. The van der Waals surface area contributed by atoms with Crippen LogP contribution >= 0.6 is 15.9 Å². The molecular weight excluding hydrogens is 526 g/mol.